The van der Waals surface area contributed by atoms with Gasteiger partial charge < -0.3 is 10.1 Å². The maximum absolute atomic E-state index is 11.9. The third kappa shape index (κ3) is 4.58. The van der Waals surface area contributed by atoms with Gasteiger partial charge in [-0.15, -0.1) is 0 Å². The Labute approximate surface area is 113 Å². The summed E-state index contributed by atoms with van der Waals surface area (Å²) in [7, 11) is 0. The molecule has 19 heavy (non-hydrogen) atoms. The van der Waals surface area contributed by atoms with Crippen molar-refractivity contribution in [1.82, 2.24) is 5.32 Å². The highest BCUT2D eigenvalue weighted by Crippen LogP contribution is 2.19. The molecule has 0 heterocycles. The Hall–Kier alpha value is -2.10. The van der Waals surface area contributed by atoms with Gasteiger partial charge in [0.15, 0.2) is 5.78 Å². The fraction of sp³-hybridized carbons (Fsp3) is 0.333. The lowest BCUT2D eigenvalue weighted by Crippen LogP contribution is -2.21. The molecule has 0 unspecified atom stereocenters. The number of rotatable bonds is 5. The van der Waals surface area contributed by atoms with E-state index in [1.165, 1.54) is 6.92 Å². The van der Waals surface area contributed by atoms with E-state index in [4.69, 9.17) is 4.74 Å². The molecular weight excluding hydrogens is 242 g/mol. The number of carbonyl (C=O) groups excluding carboxylic acids is 2. The Bertz CT molecular complexity index is 518. The van der Waals surface area contributed by atoms with E-state index < -0.39 is 0 Å². The van der Waals surface area contributed by atoms with E-state index in [2.05, 4.69) is 11.9 Å². The first-order chi connectivity index (χ1) is 8.79. The zero-order valence-corrected chi connectivity index (χ0v) is 11.7. The van der Waals surface area contributed by atoms with Crippen molar-refractivity contribution in [3.05, 3.63) is 41.6 Å². The number of ether oxygens (including phenoxy) is 1. The van der Waals surface area contributed by atoms with Crippen molar-refractivity contribution in [3.8, 4) is 5.75 Å². The van der Waals surface area contributed by atoms with Gasteiger partial charge in [-0.05, 0) is 45.9 Å². The number of allylic oxidation sites excluding steroid dienone is 1. The summed E-state index contributed by atoms with van der Waals surface area (Å²) in [6.45, 7) is 10.5. The van der Waals surface area contributed by atoms with Crippen LogP contribution < -0.4 is 10.1 Å². The summed E-state index contributed by atoms with van der Waals surface area (Å²) in [6.07, 6.45) is -0.0285. The number of ketones is 1. The Balaban J connectivity index is 3.16. The number of Topliss-reactive ketones (excluding diaryl/α,β-unsaturated/α-hetero) is 1. The van der Waals surface area contributed by atoms with Gasteiger partial charge in [0.25, 0.3) is 5.91 Å². The second-order valence-corrected chi connectivity index (χ2v) is 4.70. The first-order valence-corrected chi connectivity index (χ1v) is 6.09. The largest absolute Gasteiger partial charge is 0.491 e. The second kappa shape index (κ2) is 6.18. The fourth-order valence-corrected chi connectivity index (χ4v) is 1.54. The van der Waals surface area contributed by atoms with Crippen molar-refractivity contribution in [2.75, 3.05) is 0 Å². The maximum Gasteiger partial charge on any atom is 0.255 e. The Morgan fingerprint density at radius 3 is 2.21 bits per heavy atom. The summed E-state index contributed by atoms with van der Waals surface area (Å²) in [5, 5.41) is 2.61. The molecule has 0 atom stereocenters. The molecule has 4 nitrogen and oxygen atoms in total. The smallest absolute Gasteiger partial charge is 0.255 e. The standard InChI is InChI=1S/C15H19NO3/c1-9(2)16-15(18)13-6-12(11(5)17)7-14(8-13)19-10(3)4/h6-8,10H,1H2,2-5H3,(H,16,18). The molecule has 0 aliphatic rings. The lowest BCUT2D eigenvalue weighted by molar-refractivity contribution is 0.0965. The minimum absolute atomic E-state index is 0.0285. The molecule has 0 fully saturated rings. The van der Waals surface area contributed by atoms with Gasteiger partial charge in [0.2, 0.25) is 0 Å². The zero-order chi connectivity index (χ0) is 14.6. The number of amides is 1. The minimum Gasteiger partial charge on any atom is -0.491 e. The van der Waals surface area contributed by atoms with Crippen LogP contribution in [0.3, 0.4) is 0 Å². The van der Waals surface area contributed by atoms with Crippen LogP contribution in [0.2, 0.25) is 0 Å². The molecule has 0 radical (unpaired) electrons. The van der Waals surface area contributed by atoms with Crippen molar-refractivity contribution in [3.63, 3.8) is 0 Å². The summed E-state index contributed by atoms with van der Waals surface area (Å²) >= 11 is 0. The fourth-order valence-electron chi connectivity index (χ4n) is 1.54. The maximum atomic E-state index is 11.9. The molecule has 0 bridgehead atoms. The lowest BCUT2D eigenvalue weighted by atomic mass is 10.1. The average molecular weight is 261 g/mol. The first kappa shape index (κ1) is 15.0. The Morgan fingerprint density at radius 1 is 1.16 bits per heavy atom. The van der Waals surface area contributed by atoms with Crippen LogP contribution in [0.1, 0.15) is 48.4 Å². The Morgan fingerprint density at radius 2 is 1.74 bits per heavy atom. The molecular formula is C15H19NO3. The van der Waals surface area contributed by atoms with E-state index >= 15 is 0 Å². The summed E-state index contributed by atoms with van der Waals surface area (Å²) in [5.74, 6) is 0.0948. The quantitative estimate of drug-likeness (QED) is 0.829. The van der Waals surface area contributed by atoms with Crippen LogP contribution in [-0.2, 0) is 0 Å². The van der Waals surface area contributed by atoms with Gasteiger partial charge in [-0.1, -0.05) is 6.58 Å². The van der Waals surface area contributed by atoms with Crippen LogP contribution in [0.25, 0.3) is 0 Å². The molecule has 0 aliphatic carbocycles. The highest BCUT2D eigenvalue weighted by molar-refractivity contribution is 6.00. The van der Waals surface area contributed by atoms with Crippen molar-refractivity contribution in [2.24, 2.45) is 0 Å². The molecule has 0 spiro atoms. The third-order valence-corrected chi connectivity index (χ3v) is 2.27. The minimum atomic E-state index is -0.302. The van der Waals surface area contributed by atoms with Gasteiger partial charge in [-0.3, -0.25) is 9.59 Å². The van der Waals surface area contributed by atoms with Gasteiger partial charge in [-0.25, -0.2) is 0 Å². The van der Waals surface area contributed by atoms with Gasteiger partial charge in [0.1, 0.15) is 5.75 Å². The van der Waals surface area contributed by atoms with E-state index in [0.29, 0.717) is 22.6 Å². The number of hydrogen-bond acceptors (Lipinski definition) is 3. The Kier molecular flexibility index (Phi) is 4.87. The predicted molar refractivity (Wildman–Crippen MR) is 74.5 cm³/mol. The van der Waals surface area contributed by atoms with Crippen molar-refractivity contribution in [1.29, 1.82) is 0 Å². The molecule has 1 aromatic carbocycles. The van der Waals surface area contributed by atoms with E-state index in [0.717, 1.165) is 0 Å². The summed E-state index contributed by atoms with van der Waals surface area (Å²) in [4.78, 5) is 23.4. The van der Waals surface area contributed by atoms with Crippen LogP contribution in [0, 0.1) is 0 Å². The van der Waals surface area contributed by atoms with Crippen LogP contribution in [0.5, 0.6) is 5.75 Å². The van der Waals surface area contributed by atoms with Gasteiger partial charge in [-0.2, -0.15) is 0 Å². The van der Waals surface area contributed by atoms with E-state index in [1.807, 2.05) is 13.8 Å². The molecule has 0 saturated heterocycles. The summed E-state index contributed by atoms with van der Waals surface area (Å²) < 4.78 is 5.55. The van der Waals surface area contributed by atoms with E-state index in [-0.39, 0.29) is 17.8 Å². The van der Waals surface area contributed by atoms with Gasteiger partial charge in [0.05, 0.1) is 6.10 Å². The summed E-state index contributed by atoms with van der Waals surface area (Å²) in [6, 6.07) is 4.80. The van der Waals surface area contributed by atoms with Crippen molar-refractivity contribution >= 4 is 11.7 Å². The molecule has 4 heteroatoms. The number of benzene rings is 1. The van der Waals surface area contributed by atoms with Crippen LogP contribution in [0.15, 0.2) is 30.5 Å². The topological polar surface area (TPSA) is 55.4 Å². The molecule has 1 amide bonds. The molecule has 1 N–H and O–H groups in total. The molecule has 0 aliphatic heterocycles. The van der Waals surface area contributed by atoms with E-state index in [1.54, 1.807) is 25.1 Å². The van der Waals surface area contributed by atoms with E-state index in [9.17, 15) is 9.59 Å². The molecule has 0 saturated carbocycles. The molecule has 1 aromatic rings. The van der Waals surface area contributed by atoms with Gasteiger partial charge >= 0.3 is 0 Å². The third-order valence-electron chi connectivity index (χ3n) is 2.27. The zero-order valence-electron chi connectivity index (χ0n) is 11.7. The monoisotopic (exact) mass is 261 g/mol. The molecule has 102 valence electrons. The van der Waals surface area contributed by atoms with Crippen LogP contribution >= 0.6 is 0 Å². The number of hydrogen-bond donors (Lipinski definition) is 1. The average Bonchev–Trinajstić information content (AvgIpc) is 2.26. The first-order valence-electron chi connectivity index (χ1n) is 6.09. The normalized spacial score (nSPS) is 10.2. The number of nitrogens with one attached hydrogen (secondary N) is 1. The van der Waals surface area contributed by atoms with Crippen LogP contribution in [-0.4, -0.2) is 17.8 Å². The summed E-state index contributed by atoms with van der Waals surface area (Å²) in [5.41, 5.74) is 1.38. The van der Waals surface area contributed by atoms with Crippen molar-refractivity contribution < 1.29 is 14.3 Å². The predicted octanol–water partition coefficient (Wildman–Crippen LogP) is 2.94. The molecule has 1 rings (SSSR count). The second-order valence-electron chi connectivity index (χ2n) is 4.70. The van der Waals surface area contributed by atoms with Gasteiger partial charge in [0, 0.05) is 16.8 Å². The highest BCUT2D eigenvalue weighted by Gasteiger charge is 2.12. The SMILES string of the molecule is C=C(C)NC(=O)c1cc(OC(C)C)cc(C(C)=O)c1. The highest BCUT2D eigenvalue weighted by atomic mass is 16.5. The lowest BCUT2D eigenvalue weighted by Gasteiger charge is -2.12. The molecule has 0 aromatic heterocycles. The van der Waals surface area contributed by atoms with Crippen LogP contribution in [0.4, 0.5) is 0 Å². The van der Waals surface area contributed by atoms with Crippen molar-refractivity contribution in [2.45, 2.75) is 33.8 Å². The number of carbonyl (C=O) groups is 2.